The number of rotatable bonds is 7. The minimum Gasteiger partial charge on any atom is -0.456 e. The van der Waals surface area contributed by atoms with Crippen molar-refractivity contribution in [2.45, 2.75) is 33.7 Å². The smallest absolute Gasteiger partial charge is 0.329 e. The number of para-hydroxylation sites is 1. The molecule has 0 aliphatic heterocycles. The summed E-state index contributed by atoms with van der Waals surface area (Å²) in [5.74, 6) is -1.12. The predicted octanol–water partition coefficient (Wildman–Crippen LogP) is 3.21. The summed E-state index contributed by atoms with van der Waals surface area (Å²) in [6.45, 7) is 6.96. The first-order valence-corrected chi connectivity index (χ1v) is 9.16. The third-order valence-corrected chi connectivity index (χ3v) is 4.66. The number of hydrogen-bond acceptors (Lipinski definition) is 4. The van der Waals surface area contributed by atoms with Crippen LogP contribution in [0.25, 0.3) is 0 Å². The molecule has 2 N–H and O–H groups in total. The van der Waals surface area contributed by atoms with Crippen LogP contribution in [-0.4, -0.2) is 35.0 Å². The molecule has 0 radical (unpaired) electrons. The van der Waals surface area contributed by atoms with Crippen LogP contribution in [0.2, 0.25) is 0 Å². The number of aromatic nitrogens is 1. The Morgan fingerprint density at radius 2 is 1.75 bits per heavy atom. The Bertz CT molecular complexity index is 856. The van der Waals surface area contributed by atoms with Gasteiger partial charge in [0.05, 0.1) is 0 Å². The van der Waals surface area contributed by atoms with E-state index in [0.717, 1.165) is 11.4 Å². The zero-order chi connectivity index (χ0) is 20.8. The van der Waals surface area contributed by atoms with E-state index >= 15 is 0 Å². The Morgan fingerprint density at radius 1 is 1.11 bits per heavy atom. The number of carbonyl (C=O) groups excluding carboxylic acids is 3. The number of Topliss-reactive ketones (excluding diaryl/α,β-unsaturated/α-hetero) is 1. The first-order chi connectivity index (χ1) is 13.2. The highest BCUT2D eigenvalue weighted by Gasteiger charge is 2.27. The van der Waals surface area contributed by atoms with Crippen LogP contribution in [-0.2, 0) is 16.6 Å². The van der Waals surface area contributed by atoms with Crippen molar-refractivity contribution < 1.29 is 19.1 Å². The van der Waals surface area contributed by atoms with Crippen LogP contribution in [0.15, 0.2) is 36.4 Å². The third kappa shape index (κ3) is 5.22. The number of urea groups is 1. The molecule has 1 aromatic heterocycles. The Morgan fingerprint density at radius 3 is 2.29 bits per heavy atom. The van der Waals surface area contributed by atoms with E-state index in [1.54, 1.807) is 44.2 Å². The number of benzene rings is 1. The van der Waals surface area contributed by atoms with Gasteiger partial charge in [-0.3, -0.25) is 4.79 Å². The zero-order valence-corrected chi connectivity index (χ0v) is 16.9. The third-order valence-electron chi connectivity index (χ3n) is 4.66. The summed E-state index contributed by atoms with van der Waals surface area (Å²) in [5.41, 5.74) is 2.91. The summed E-state index contributed by atoms with van der Waals surface area (Å²) < 4.78 is 7.10. The van der Waals surface area contributed by atoms with Crippen LogP contribution in [0, 0.1) is 19.8 Å². The van der Waals surface area contributed by atoms with Crippen molar-refractivity contribution >= 4 is 23.5 Å². The molecule has 7 nitrogen and oxygen atoms in total. The molecule has 150 valence electrons. The fourth-order valence-electron chi connectivity index (χ4n) is 2.77. The van der Waals surface area contributed by atoms with Gasteiger partial charge < -0.3 is 19.9 Å². The van der Waals surface area contributed by atoms with Gasteiger partial charge in [0.2, 0.25) is 5.78 Å². The first-order valence-electron chi connectivity index (χ1n) is 9.16. The van der Waals surface area contributed by atoms with Crippen molar-refractivity contribution in [3.63, 3.8) is 0 Å². The van der Waals surface area contributed by atoms with Crippen molar-refractivity contribution in [3.8, 4) is 0 Å². The molecule has 28 heavy (non-hydrogen) atoms. The molecule has 1 atom stereocenters. The van der Waals surface area contributed by atoms with Gasteiger partial charge in [0, 0.05) is 29.7 Å². The second-order valence-corrected chi connectivity index (χ2v) is 7.06. The van der Waals surface area contributed by atoms with Crippen molar-refractivity contribution in [1.82, 2.24) is 9.88 Å². The van der Waals surface area contributed by atoms with E-state index in [-0.39, 0.29) is 18.3 Å². The van der Waals surface area contributed by atoms with Gasteiger partial charge in [0.1, 0.15) is 6.04 Å². The van der Waals surface area contributed by atoms with Crippen LogP contribution < -0.4 is 10.6 Å². The molecule has 0 fully saturated rings. The second kappa shape index (κ2) is 9.21. The average Bonchev–Trinajstić information content (AvgIpc) is 2.92. The van der Waals surface area contributed by atoms with Crippen molar-refractivity contribution in [2.24, 2.45) is 13.0 Å². The summed E-state index contributed by atoms with van der Waals surface area (Å²) in [4.78, 5) is 37.0. The number of hydrogen-bond donors (Lipinski definition) is 2. The second-order valence-electron chi connectivity index (χ2n) is 7.06. The van der Waals surface area contributed by atoms with Gasteiger partial charge >= 0.3 is 12.0 Å². The van der Waals surface area contributed by atoms with Crippen LogP contribution in [0.5, 0.6) is 0 Å². The summed E-state index contributed by atoms with van der Waals surface area (Å²) >= 11 is 0. The van der Waals surface area contributed by atoms with Crippen molar-refractivity contribution in [3.05, 3.63) is 53.3 Å². The Kier molecular flexibility index (Phi) is 6.98. The van der Waals surface area contributed by atoms with Gasteiger partial charge in [0.25, 0.3) is 0 Å². The largest absolute Gasteiger partial charge is 0.456 e. The van der Waals surface area contributed by atoms with Gasteiger partial charge in [-0.15, -0.1) is 0 Å². The summed E-state index contributed by atoms with van der Waals surface area (Å²) in [6, 6.07) is 9.31. The molecular formula is C21H27N3O4. The lowest BCUT2D eigenvalue weighted by Crippen LogP contribution is -2.47. The number of carbonyl (C=O) groups is 3. The normalized spacial score (nSPS) is 11.8. The van der Waals surface area contributed by atoms with Crippen LogP contribution >= 0.6 is 0 Å². The Hall–Kier alpha value is -3.09. The molecule has 0 aliphatic rings. The van der Waals surface area contributed by atoms with Crippen LogP contribution in [0.1, 0.15) is 35.6 Å². The maximum atomic E-state index is 12.4. The molecule has 1 heterocycles. The summed E-state index contributed by atoms with van der Waals surface area (Å²) in [5, 5.41) is 5.27. The molecule has 0 saturated carbocycles. The molecule has 2 aromatic rings. The van der Waals surface area contributed by atoms with E-state index < -0.39 is 18.0 Å². The molecule has 2 rings (SSSR count). The minimum atomic E-state index is -0.866. The first kappa shape index (κ1) is 21.2. The molecule has 0 unspecified atom stereocenters. The number of ketones is 1. The average molecular weight is 385 g/mol. The molecule has 0 spiro atoms. The molecule has 0 aliphatic carbocycles. The number of amides is 2. The highest BCUT2D eigenvalue weighted by Crippen LogP contribution is 2.14. The fraction of sp³-hybridized carbons (Fsp3) is 0.381. The Labute approximate surface area is 165 Å². The van der Waals surface area contributed by atoms with Gasteiger partial charge in [-0.05, 0) is 38.0 Å². The van der Waals surface area contributed by atoms with E-state index in [1.807, 2.05) is 31.5 Å². The summed E-state index contributed by atoms with van der Waals surface area (Å²) in [7, 11) is 1.87. The standard InChI is InChI=1S/C21H27N3O4/c1-13(2)19(23-21(27)22-16-9-7-6-8-10-16)20(26)28-12-18(25)17-11-14(3)24(5)15(17)4/h6-11,13,19H,12H2,1-5H3,(H2,22,23,27)/t19-/m1/s1. The minimum absolute atomic E-state index is 0.204. The molecule has 7 heteroatoms. The van der Waals surface area contributed by atoms with Gasteiger partial charge in [-0.2, -0.15) is 0 Å². The molecule has 0 bridgehead atoms. The van der Waals surface area contributed by atoms with E-state index in [1.165, 1.54) is 0 Å². The zero-order valence-electron chi connectivity index (χ0n) is 16.9. The number of nitrogens with one attached hydrogen (secondary N) is 2. The van der Waals surface area contributed by atoms with Gasteiger partial charge in [-0.1, -0.05) is 32.0 Å². The highest BCUT2D eigenvalue weighted by molar-refractivity contribution is 5.99. The van der Waals surface area contributed by atoms with E-state index in [9.17, 15) is 14.4 Å². The SMILES string of the molecule is Cc1cc(C(=O)COC(=O)[C@H](NC(=O)Nc2ccccc2)C(C)C)c(C)n1C. The fourth-order valence-corrected chi connectivity index (χ4v) is 2.77. The summed E-state index contributed by atoms with van der Waals surface area (Å²) in [6.07, 6.45) is 0. The van der Waals surface area contributed by atoms with E-state index in [0.29, 0.717) is 11.3 Å². The number of esters is 1. The lowest BCUT2D eigenvalue weighted by atomic mass is 10.1. The maximum Gasteiger partial charge on any atom is 0.329 e. The lowest BCUT2D eigenvalue weighted by Gasteiger charge is -2.21. The van der Waals surface area contributed by atoms with Crippen molar-refractivity contribution in [1.29, 1.82) is 0 Å². The van der Waals surface area contributed by atoms with Gasteiger partial charge in [0.15, 0.2) is 6.61 Å². The topological polar surface area (TPSA) is 89.4 Å². The highest BCUT2D eigenvalue weighted by atomic mass is 16.5. The maximum absolute atomic E-state index is 12.4. The molecule has 2 amide bonds. The molecule has 0 saturated heterocycles. The van der Waals surface area contributed by atoms with Crippen LogP contribution in [0.4, 0.5) is 10.5 Å². The van der Waals surface area contributed by atoms with Crippen LogP contribution in [0.3, 0.4) is 0 Å². The number of ether oxygens (including phenoxy) is 1. The Balaban J connectivity index is 1.95. The number of nitrogens with zero attached hydrogens (tertiary/aromatic N) is 1. The number of anilines is 1. The quantitative estimate of drug-likeness (QED) is 0.566. The number of aryl methyl sites for hydroxylation is 1. The molecular weight excluding hydrogens is 358 g/mol. The van der Waals surface area contributed by atoms with E-state index in [4.69, 9.17) is 4.74 Å². The van der Waals surface area contributed by atoms with Crippen molar-refractivity contribution in [2.75, 3.05) is 11.9 Å². The van der Waals surface area contributed by atoms with Gasteiger partial charge in [-0.25, -0.2) is 9.59 Å². The van der Waals surface area contributed by atoms with E-state index in [2.05, 4.69) is 10.6 Å². The lowest BCUT2D eigenvalue weighted by molar-refractivity contribution is -0.145. The molecule has 1 aromatic carbocycles. The monoisotopic (exact) mass is 385 g/mol. The predicted molar refractivity (Wildman–Crippen MR) is 107 cm³/mol.